The molecule has 28 heavy (non-hydrogen) atoms. The molecule has 2 N–H and O–H groups in total. The average Bonchev–Trinajstić information content (AvgIpc) is 2.72. The smallest absolute Gasteiger partial charge is 0.220 e. The minimum Gasteiger partial charge on any atom is -0.508 e. The van der Waals surface area contributed by atoms with Crippen molar-refractivity contribution < 1.29 is 19.0 Å². The summed E-state index contributed by atoms with van der Waals surface area (Å²) >= 11 is 0. The van der Waals surface area contributed by atoms with Crippen molar-refractivity contribution in [3.63, 3.8) is 0 Å². The maximum absolute atomic E-state index is 13.8. The zero-order valence-electron chi connectivity index (χ0n) is 15.3. The van der Waals surface area contributed by atoms with E-state index in [2.05, 4.69) is 5.32 Å². The minimum atomic E-state index is -0.444. The molecular formula is C23H22FNO3. The standard InChI is InChI=1S/C23H22FNO3/c24-19-11-5-7-13-22(19)28-16-20(17-8-2-1-3-9-17)25-23(27)15-14-18-10-4-6-12-21(18)26/h1-13,20,26H,14-16H2,(H,25,27). The summed E-state index contributed by atoms with van der Waals surface area (Å²) in [7, 11) is 0. The zero-order chi connectivity index (χ0) is 19.8. The van der Waals surface area contributed by atoms with Gasteiger partial charge in [-0.05, 0) is 35.7 Å². The van der Waals surface area contributed by atoms with Crippen molar-refractivity contribution in [3.8, 4) is 11.5 Å². The number of amides is 1. The first-order valence-corrected chi connectivity index (χ1v) is 9.12. The molecule has 3 aromatic rings. The summed E-state index contributed by atoms with van der Waals surface area (Å²) in [6.45, 7) is 0.104. The summed E-state index contributed by atoms with van der Waals surface area (Å²) in [5.41, 5.74) is 1.59. The third-order valence-electron chi connectivity index (χ3n) is 4.39. The van der Waals surface area contributed by atoms with Gasteiger partial charge in [0.2, 0.25) is 5.91 Å². The van der Waals surface area contributed by atoms with Crippen molar-refractivity contribution in [1.29, 1.82) is 0 Å². The van der Waals surface area contributed by atoms with Crippen molar-refractivity contribution in [3.05, 3.63) is 95.8 Å². The number of nitrogens with one attached hydrogen (secondary N) is 1. The topological polar surface area (TPSA) is 58.6 Å². The summed E-state index contributed by atoms with van der Waals surface area (Å²) in [4.78, 5) is 12.5. The van der Waals surface area contributed by atoms with Crippen molar-refractivity contribution in [2.24, 2.45) is 0 Å². The number of carbonyl (C=O) groups is 1. The molecule has 4 nitrogen and oxygen atoms in total. The maximum atomic E-state index is 13.8. The lowest BCUT2D eigenvalue weighted by Gasteiger charge is -2.20. The van der Waals surface area contributed by atoms with Crippen LogP contribution in [0.3, 0.4) is 0 Å². The van der Waals surface area contributed by atoms with Gasteiger partial charge in [0, 0.05) is 6.42 Å². The highest BCUT2D eigenvalue weighted by Gasteiger charge is 2.16. The van der Waals surface area contributed by atoms with Crippen LogP contribution in [0.1, 0.15) is 23.6 Å². The third-order valence-corrected chi connectivity index (χ3v) is 4.39. The molecule has 0 saturated heterocycles. The Hall–Kier alpha value is -3.34. The molecular weight excluding hydrogens is 357 g/mol. The van der Waals surface area contributed by atoms with Gasteiger partial charge in [-0.15, -0.1) is 0 Å². The molecule has 1 atom stereocenters. The Morgan fingerprint density at radius 1 is 0.964 bits per heavy atom. The molecule has 0 aliphatic rings. The molecule has 0 heterocycles. The number of phenols is 1. The van der Waals surface area contributed by atoms with E-state index in [1.54, 1.807) is 36.4 Å². The van der Waals surface area contributed by atoms with Gasteiger partial charge in [0.25, 0.3) is 0 Å². The van der Waals surface area contributed by atoms with Gasteiger partial charge >= 0.3 is 0 Å². The van der Waals surface area contributed by atoms with E-state index in [4.69, 9.17) is 4.74 Å². The summed E-state index contributed by atoms with van der Waals surface area (Å²) in [5.74, 6) is -0.292. The van der Waals surface area contributed by atoms with Gasteiger partial charge < -0.3 is 15.2 Å². The number of rotatable bonds is 8. The molecule has 0 spiro atoms. The maximum Gasteiger partial charge on any atom is 0.220 e. The third kappa shape index (κ3) is 5.33. The van der Waals surface area contributed by atoms with Gasteiger partial charge in [-0.3, -0.25) is 4.79 Å². The Bertz CT molecular complexity index is 914. The average molecular weight is 379 g/mol. The fraction of sp³-hybridized carbons (Fsp3) is 0.174. The molecule has 0 saturated carbocycles. The number of aryl methyl sites for hydroxylation is 1. The lowest BCUT2D eigenvalue weighted by molar-refractivity contribution is -0.122. The Balaban J connectivity index is 1.64. The second-order valence-electron chi connectivity index (χ2n) is 6.40. The number of halogens is 1. The molecule has 0 radical (unpaired) electrons. The van der Waals surface area contributed by atoms with Crippen LogP contribution in [0.15, 0.2) is 78.9 Å². The van der Waals surface area contributed by atoms with Gasteiger partial charge in [0.15, 0.2) is 11.6 Å². The molecule has 0 aliphatic heterocycles. The summed E-state index contributed by atoms with van der Waals surface area (Å²) in [6, 6.07) is 22.1. The van der Waals surface area contributed by atoms with Crippen LogP contribution >= 0.6 is 0 Å². The van der Waals surface area contributed by atoms with Crippen LogP contribution in [-0.4, -0.2) is 17.6 Å². The summed E-state index contributed by atoms with van der Waals surface area (Å²) in [5, 5.41) is 12.8. The molecule has 1 unspecified atom stereocenters. The van der Waals surface area contributed by atoms with E-state index < -0.39 is 11.9 Å². The van der Waals surface area contributed by atoms with E-state index in [-0.39, 0.29) is 30.4 Å². The Morgan fingerprint density at radius 2 is 1.64 bits per heavy atom. The molecule has 0 aromatic heterocycles. The van der Waals surface area contributed by atoms with E-state index in [1.807, 2.05) is 36.4 Å². The highest BCUT2D eigenvalue weighted by atomic mass is 19.1. The highest BCUT2D eigenvalue weighted by Crippen LogP contribution is 2.20. The van der Waals surface area contributed by atoms with Crippen molar-refractivity contribution in [2.45, 2.75) is 18.9 Å². The van der Waals surface area contributed by atoms with Crippen molar-refractivity contribution >= 4 is 5.91 Å². The molecule has 3 rings (SSSR count). The lowest BCUT2D eigenvalue weighted by Crippen LogP contribution is -2.32. The Kier molecular flexibility index (Phi) is 6.63. The lowest BCUT2D eigenvalue weighted by atomic mass is 10.1. The zero-order valence-corrected chi connectivity index (χ0v) is 15.3. The van der Waals surface area contributed by atoms with Crippen LogP contribution in [-0.2, 0) is 11.2 Å². The number of carbonyl (C=O) groups excluding carboxylic acids is 1. The normalized spacial score (nSPS) is 11.6. The van der Waals surface area contributed by atoms with E-state index >= 15 is 0 Å². The number of ether oxygens (including phenoxy) is 1. The number of hydrogen-bond donors (Lipinski definition) is 2. The van der Waals surface area contributed by atoms with Crippen LogP contribution in [0.4, 0.5) is 4.39 Å². The quantitative estimate of drug-likeness (QED) is 0.610. The van der Waals surface area contributed by atoms with Gasteiger partial charge in [0.05, 0.1) is 6.04 Å². The predicted octanol–water partition coefficient (Wildman–Crippen LogP) is 4.40. The van der Waals surface area contributed by atoms with Gasteiger partial charge in [0.1, 0.15) is 12.4 Å². The monoisotopic (exact) mass is 379 g/mol. The van der Waals surface area contributed by atoms with Gasteiger partial charge in [-0.25, -0.2) is 4.39 Å². The molecule has 0 aliphatic carbocycles. The van der Waals surface area contributed by atoms with Crippen LogP contribution in [0.5, 0.6) is 11.5 Å². The van der Waals surface area contributed by atoms with Gasteiger partial charge in [-0.1, -0.05) is 60.7 Å². The molecule has 5 heteroatoms. The first-order valence-electron chi connectivity index (χ1n) is 9.12. The first-order chi connectivity index (χ1) is 13.6. The van der Waals surface area contributed by atoms with Crippen LogP contribution in [0, 0.1) is 5.82 Å². The van der Waals surface area contributed by atoms with E-state index in [9.17, 15) is 14.3 Å². The summed E-state index contributed by atoms with van der Waals surface area (Å²) in [6.07, 6.45) is 0.648. The second kappa shape index (κ2) is 9.55. The number of phenolic OH excluding ortho intramolecular Hbond substituents is 1. The predicted molar refractivity (Wildman–Crippen MR) is 106 cm³/mol. The summed E-state index contributed by atoms with van der Waals surface area (Å²) < 4.78 is 19.4. The molecule has 0 bridgehead atoms. The fourth-order valence-electron chi connectivity index (χ4n) is 2.88. The number of hydrogen-bond acceptors (Lipinski definition) is 3. The van der Waals surface area contributed by atoms with Crippen LogP contribution in [0.25, 0.3) is 0 Å². The van der Waals surface area contributed by atoms with E-state index in [0.29, 0.717) is 6.42 Å². The highest BCUT2D eigenvalue weighted by molar-refractivity contribution is 5.76. The van der Waals surface area contributed by atoms with Crippen molar-refractivity contribution in [2.75, 3.05) is 6.61 Å². The molecule has 1 amide bonds. The SMILES string of the molecule is O=C(CCc1ccccc1O)NC(COc1ccccc1F)c1ccccc1. The van der Waals surface area contributed by atoms with E-state index in [1.165, 1.54) is 6.07 Å². The Labute approximate surface area is 163 Å². The van der Waals surface area contributed by atoms with Crippen LogP contribution in [0.2, 0.25) is 0 Å². The molecule has 3 aromatic carbocycles. The Morgan fingerprint density at radius 3 is 2.39 bits per heavy atom. The molecule has 144 valence electrons. The first kappa shape index (κ1) is 19.4. The number of aromatic hydroxyl groups is 1. The van der Waals surface area contributed by atoms with Gasteiger partial charge in [-0.2, -0.15) is 0 Å². The fourth-order valence-corrected chi connectivity index (χ4v) is 2.88. The number of para-hydroxylation sites is 2. The van der Waals surface area contributed by atoms with Crippen LogP contribution < -0.4 is 10.1 Å². The van der Waals surface area contributed by atoms with E-state index in [0.717, 1.165) is 11.1 Å². The van der Waals surface area contributed by atoms with Crippen molar-refractivity contribution in [1.82, 2.24) is 5.32 Å². The molecule has 0 fully saturated rings. The number of benzene rings is 3. The largest absolute Gasteiger partial charge is 0.508 e. The second-order valence-corrected chi connectivity index (χ2v) is 6.40. The minimum absolute atomic E-state index is 0.104.